The summed E-state index contributed by atoms with van der Waals surface area (Å²) in [7, 11) is 0. The Morgan fingerprint density at radius 3 is 2.57 bits per heavy atom. The molecular formula is C14H12ClN3O3. The van der Waals surface area contributed by atoms with E-state index in [4.69, 9.17) is 16.7 Å². The molecule has 1 aromatic heterocycles. The molecule has 0 spiro atoms. The van der Waals surface area contributed by atoms with Crippen LogP contribution in [-0.4, -0.2) is 22.1 Å². The number of carbonyl (C=O) groups is 2. The highest BCUT2D eigenvalue weighted by atomic mass is 35.5. The molecule has 0 bridgehead atoms. The largest absolute Gasteiger partial charge is 0.476 e. The molecule has 0 unspecified atom stereocenters. The van der Waals surface area contributed by atoms with Gasteiger partial charge in [-0.25, -0.2) is 14.6 Å². The number of aromatic nitrogens is 1. The molecule has 0 fully saturated rings. The van der Waals surface area contributed by atoms with Crippen LogP contribution in [0, 0.1) is 0 Å². The van der Waals surface area contributed by atoms with Crippen molar-refractivity contribution in [1.29, 1.82) is 0 Å². The summed E-state index contributed by atoms with van der Waals surface area (Å²) < 4.78 is 0. The van der Waals surface area contributed by atoms with Crippen molar-refractivity contribution in [3.8, 4) is 0 Å². The zero-order valence-electron chi connectivity index (χ0n) is 10.8. The average molecular weight is 306 g/mol. The van der Waals surface area contributed by atoms with Gasteiger partial charge in [0.2, 0.25) is 0 Å². The van der Waals surface area contributed by atoms with Gasteiger partial charge >= 0.3 is 12.0 Å². The van der Waals surface area contributed by atoms with Gasteiger partial charge in [0, 0.05) is 17.8 Å². The van der Waals surface area contributed by atoms with Gasteiger partial charge < -0.3 is 15.7 Å². The molecule has 2 amide bonds. The van der Waals surface area contributed by atoms with Gasteiger partial charge in [-0.3, -0.25) is 0 Å². The summed E-state index contributed by atoms with van der Waals surface area (Å²) in [5.41, 5.74) is 0.803. The monoisotopic (exact) mass is 305 g/mol. The lowest BCUT2D eigenvalue weighted by Gasteiger charge is -2.09. The molecular weight excluding hydrogens is 294 g/mol. The maximum Gasteiger partial charge on any atom is 0.356 e. The predicted octanol–water partition coefficient (Wildman–Crippen LogP) is 2.75. The molecule has 0 saturated carbocycles. The third kappa shape index (κ3) is 4.19. The van der Waals surface area contributed by atoms with Gasteiger partial charge in [0.05, 0.1) is 5.69 Å². The number of benzene rings is 1. The van der Waals surface area contributed by atoms with Crippen LogP contribution in [-0.2, 0) is 6.54 Å². The van der Waals surface area contributed by atoms with Crippen molar-refractivity contribution in [3.05, 3.63) is 58.9 Å². The Labute approximate surface area is 125 Å². The highest BCUT2D eigenvalue weighted by molar-refractivity contribution is 6.30. The molecule has 1 heterocycles. The van der Waals surface area contributed by atoms with Crippen LogP contribution in [0.15, 0.2) is 42.6 Å². The number of halogens is 1. The zero-order chi connectivity index (χ0) is 15.2. The number of nitrogens with zero attached hydrogens (tertiary/aromatic N) is 1. The fourth-order valence-corrected chi connectivity index (χ4v) is 1.75. The second-order valence-corrected chi connectivity index (χ2v) is 4.58. The van der Waals surface area contributed by atoms with Crippen LogP contribution < -0.4 is 10.6 Å². The van der Waals surface area contributed by atoms with E-state index in [-0.39, 0.29) is 11.4 Å². The Balaban J connectivity index is 1.96. The maximum atomic E-state index is 11.8. The van der Waals surface area contributed by atoms with Gasteiger partial charge in [0.15, 0.2) is 5.69 Å². The minimum atomic E-state index is -1.20. The van der Waals surface area contributed by atoms with E-state index in [1.807, 2.05) is 0 Å². The third-order valence-corrected chi connectivity index (χ3v) is 2.88. The van der Waals surface area contributed by atoms with E-state index >= 15 is 0 Å². The van der Waals surface area contributed by atoms with Crippen molar-refractivity contribution in [2.75, 3.05) is 5.32 Å². The second kappa shape index (κ2) is 6.71. The first-order chi connectivity index (χ1) is 10.1. The number of nitrogens with one attached hydrogen (secondary N) is 2. The van der Waals surface area contributed by atoms with Crippen LogP contribution in [0.25, 0.3) is 0 Å². The standard InChI is InChI=1S/C14H12ClN3O3/c15-10-5-3-9(4-6-10)8-17-14(21)18-11-2-1-7-16-12(11)13(19)20/h1-7H,8H2,(H,19,20)(H2,17,18,21). The lowest BCUT2D eigenvalue weighted by molar-refractivity contribution is 0.0692. The summed E-state index contributed by atoms with van der Waals surface area (Å²) in [5.74, 6) is -1.20. The van der Waals surface area contributed by atoms with Crippen molar-refractivity contribution >= 4 is 29.3 Å². The summed E-state index contributed by atoms with van der Waals surface area (Å²) in [6.45, 7) is 0.297. The number of aromatic carboxylic acids is 1. The van der Waals surface area contributed by atoms with E-state index in [0.29, 0.717) is 11.6 Å². The van der Waals surface area contributed by atoms with E-state index in [9.17, 15) is 9.59 Å². The molecule has 0 aliphatic rings. The summed E-state index contributed by atoms with van der Waals surface area (Å²) in [5, 5.41) is 14.7. The number of hydrogen-bond acceptors (Lipinski definition) is 3. The summed E-state index contributed by atoms with van der Waals surface area (Å²) in [4.78, 5) is 26.4. The number of pyridine rings is 1. The molecule has 2 rings (SSSR count). The van der Waals surface area contributed by atoms with Crippen molar-refractivity contribution in [2.45, 2.75) is 6.54 Å². The molecule has 6 nitrogen and oxygen atoms in total. The molecule has 7 heteroatoms. The van der Waals surface area contributed by atoms with Crippen molar-refractivity contribution in [2.24, 2.45) is 0 Å². The van der Waals surface area contributed by atoms with Crippen LogP contribution >= 0.6 is 11.6 Å². The van der Waals surface area contributed by atoms with Crippen molar-refractivity contribution in [3.63, 3.8) is 0 Å². The quantitative estimate of drug-likeness (QED) is 0.810. The Hall–Kier alpha value is -2.60. The Morgan fingerprint density at radius 2 is 1.90 bits per heavy atom. The van der Waals surface area contributed by atoms with Gasteiger partial charge in [0.1, 0.15) is 0 Å². The van der Waals surface area contributed by atoms with E-state index < -0.39 is 12.0 Å². The second-order valence-electron chi connectivity index (χ2n) is 4.14. The summed E-state index contributed by atoms with van der Waals surface area (Å²) in [6, 6.07) is 9.52. The first kappa shape index (κ1) is 14.8. The Kier molecular flexibility index (Phi) is 4.73. The molecule has 1 aromatic carbocycles. The first-order valence-corrected chi connectivity index (χ1v) is 6.41. The lowest BCUT2D eigenvalue weighted by atomic mass is 10.2. The number of carboxylic acid groups (broad SMARTS) is 1. The number of amides is 2. The van der Waals surface area contributed by atoms with Gasteiger partial charge in [0.25, 0.3) is 0 Å². The molecule has 0 aliphatic heterocycles. The summed E-state index contributed by atoms with van der Waals surface area (Å²) in [6.07, 6.45) is 1.35. The Bertz CT molecular complexity index is 659. The number of anilines is 1. The predicted molar refractivity (Wildman–Crippen MR) is 78.5 cm³/mol. The zero-order valence-corrected chi connectivity index (χ0v) is 11.6. The first-order valence-electron chi connectivity index (χ1n) is 6.04. The van der Waals surface area contributed by atoms with Crippen LogP contribution in [0.4, 0.5) is 10.5 Å². The topological polar surface area (TPSA) is 91.3 Å². The highest BCUT2D eigenvalue weighted by Crippen LogP contribution is 2.12. The molecule has 21 heavy (non-hydrogen) atoms. The molecule has 0 aliphatic carbocycles. The van der Waals surface area contributed by atoms with Crippen molar-refractivity contribution in [1.82, 2.24) is 10.3 Å². The maximum absolute atomic E-state index is 11.8. The van der Waals surface area contributed by atoms with E-state index in [2.05, 4.69) is 15.6 Å². The van der Waals surface area contributed by atoms with Crippen LogP contribution in [0.1, 0.15) is 16.1 Å². The minimum Gasteiger partial charge on any atom is -0.476 e. The SMILES string of the molecule is O=C(NCc1ccc(Cl)cc1)Nc1cccnc1C(=O)O. The molecule has 3 N–H and O–H groups in total. The van der Waals surface area contributed by atoms with E-state index in [1.165, 1.54) is 12.3 Å². The average Bonchev–Trinajstić information content (AvgIpc) is 2.47. The van der Waals surface area contributed by atoms with Crippen molar-refractivity contribution < 1.29 is 14.7 Å². The number of rotatable bonds is 4. The smallest absolute Gasteiger partial charge is 0.356 e. The van der Waals surface area contributed by atoms with E-state index in [0.717, 1.165) is 5.56 Å². The van der Waals surface area contributed by atoms with Gasteiger partial charge in [-0.2, -0.15) is 0 Å². The number of hydrogen-bond donors (Lipinski definition) is 3. The highest BCUT2D eigenvalue weighted by Gasteiger charge is 2.12. The third-order valence-electron chi connectivity index (χ3n) is 2.62. The summed E-state index contributed by atoms with van der Waals surface area (Å²) >= 11 is 5.77. The van der Waals surface area contributed by atoms with Crippen LogP contribution in [0.5, 0.6) is 0 Å². The number of carbonyl (C=O) groups excluding carboxylic acids is 1. The normalized spacial score (nSPS) is 9.95. The van der Waals surface area contributed by atoms with Gasteiger partial charge in [-0.1, -0.05) is 23.7 Å². The molecule has 0 atom stereocenters. The van der Waals surface area contributed by atoms with Crippen LogP contribution in [0.3, 0.4) is 0 Å². The minimum absolute atomic E-state index is 0.138. The van der Waals surface area contributed by atoms with E-state index in [1.54, 1.807) is 30.3 Å². The van der Waals surface area contributed by atoms with Gasteiger partial charge in [-0.15, -0.1) is 0 Å². The molecule has 0 saturated heterocycles. The lowest BCUT2D eigenvalue weighted by Crippen LogP contribution is -2.29. The number of carboxylic acids is 1. The number of urea groups is 1. The van der Waals surface area contributed by atoms with Crippen LogP contribution in [0.2, 0.25) is 5.02 Å². The van der Waals surface area contributed by atoms with Gasteiger partial charge in [-0.05, 0) is 29.8 Å². The molecule has 2 aromatic rings. The molecule has 108 valence electrons. The Morgan fingerprint density at radius 1 is 1.19 bits per heavy atom. The fraction of sp³-hybridized carbons (Fsp3) is 0.0714. The fourth-order valence-electron chi connectivity index (χ4n) is 1.63. The molecule has 0 radical (unpaired) electrons.